The van der Waals surface area contributed by atoms with E-state index in [0.29, 0.717) is 25.0 Å². The van der Waals surface area contributed by atoms with Crippen LogP contribution in [0.2, 0.25) is 0 Å². The summed E-state index contributed by atoms with van der Waals surface area (Å²) in [5.41, 5.74) is 6.52. The monoisotopic (exact) mass is 441 g/mol. The van der Waals surface area contributed by atoms with E-state index in [0.717, 1.165) is 24.4 Å². The number of nitrogens with zero attached hydrogens (tertiary/aromatic N) is 1. The van der Waals surface area contributed by atoms with Gasteiger partial charge in [0, 0.05) is 11.5 Å². The van der Waals surface area contributed by atoms with Gasteiger partial charge in [-0.1, -0.05) is 54.6 Å². The van der Waals surface area contributed by atoms with E-state index in [1.54, 1.807) is 0 Å². The number of fused-ring (bicyclic) bond motifs is 2. The van der Waals surface area contributed by atoms with E-state index in [4.69, 9.17) is 9.47 Å². The van der Waals surface area contributed by atoms with Gasteiger partial charge in [0.25, 0.3) is 0 Å². The Hall–Kier alpha value is -2.78. The Morgan fingerprint density at radius 3 is 2.39 bits per heavy atom. The van der Waals surface area contributed by atoms with Gasteiger partial charge in [-0.25, -0.2) is 0 Å². The van der Waals surface area contributed by atoms with Crippen molar-refractivity contribution in [2.45, 2.75) is 44.6 Å². The van der Waals surface area contributed by atoms with Crippen LogP contribution < -0.4 is 0 Å². The molecule has 3 atom stereocenters. The minimum atomic E-state index is -0.255. The number of hydrogen-bond donors (Lipinski definition) is 0. The van der Waals surface area contributed by atoms with Crippen LogP contribution in [-0.4, -0.2) is 37.7 Å². The Morgan fingerprint density at radius 2 is 1.67 bits per heavy atom. The number of allylic oxidation sites excluding steroid dienone is 3. The van der Waals surface area contributed by atoms with Gasteiger partial charge in [-0.2, -0.15) is 0 Å². The predicted molar refractivity (Wildman–Crippen MR) is 136 cm³/mol. The highest BCUT2D eigenvalue weighted by Crippen LogP contribution is 2.59. The molecule has 33 heavy (non-hydrogen) atoms. The summed E-state index contributed by atoms with van der Waals surface area (Å²) in [5, 5.41) is 0. The van der Waals surface area contributed by atoms with Crippen molar-refractivity contribution in [3.05, 3.63) is 94.8 Å². The van der Waals surface area contributed by atoms with E-state index >= 15 is 0 Å². The third kappa shape index (κ3) is 3.36. The van der Waals surface area contributed by atoms with E-state index in [-0.39, 0.29) is 5.54 Å². The van der Waals surface area contributed by atoms with Gasteiger partial charge in [0.2, 0.25) is 0 Å². The van der Waals surface area contributed by atoms with Crippen molar-refractivity contribution in [2.24, 2.45) is 5.92 Å². The van der Waals surface area contributed by atoms with E-state index < -0.39 is 0 Å². The standard InChI is InChI=1S/C30H35NO2/c1-5-32-28-19-25(22-15-10-11-16-23(22)28)27-18-12-17-26-24(21-13-8-7-9-14-21)20-29(33-6-2)30(26,27)31(3)4/h7-11,13-16,19-20,25,27H,5-6,12,17-18H2,1-4H3. The molecule has 1 saturated carbocycles. The van der Waals surface area contributed by atoms with E-state index in [1.165, 1.54) is 34.3 Å². The van der Waals surface area contributed by atoms with E-state index in [1.807, 2.05) is 0 Å². The number of rotatable bonds is 7. The molecule has 0 heterocycles. The highest BCUT2D eigenvalue weighted by molar-refractivity contribution is 5.84. The van der Waals surface area contributed by atoms with Gasteiger partial charge < -0.3 is 9.47 Å². The van der Waals surface area contributed by atoms with Crippen molar-refractivity contribution >= 4 is 11.3 Å². The molecule has 0 spiro atoms. The summed E-state index contributed by atoms with van der Waals surface area (Å²) in [6.07, 6.45) is 8.17. The summed E-state index contributed by atoms with van der Waals surface area (Å²) in [7, 11) is 4.46. The molecule has 3 aliphatic rings. The SMILES string of the molecule is CCOC1=CC(C2CCCC3=C(c4ccccc4)C=C(OCC)C32N(C)C)c2ccccc21. The second-order valence-electron chi connectivity index (χ2n) is 9.44. The van der Waals surface area contributed by atoms with Crippen LogP contribution in [0.4, 0.5) is 0 Å². The average molecular weight is 442 g/mol. The maximum Gasteiger partial charge on any atom is 0.123 e. The molecular weight excluding hydrogens is 406 g/mol. The molecule has 2 aromatic rings. The maximum absolute atomic E-state index is 6.47. The van der Waals surface area contributed by atoms with Gasteiger partial charge in [0.05, 0.1) is 13.2 Å². The van der Waals surface area contributed by atoms with Crippen LogP contribution in [0.15, 0.2) is 78.1 Å². The van der Waals surface area contributed by atoms with Gasteiger partial charge in [-0.15, -0.1) is 0 Å². The molecule has 0 saturated heterocycles. The van der Waals surface area contributed by atoms with Crippen LogP contribution in [-0.2, 0) is 9.47 Å². The first kappa shape index (κ1) is 22.0. The Bertz CT molecular complexity index is 1110. The van der Waals surface area contributed by atoms with Crippen LogP contribution in [0.5, 0.6) is 0 Å². The smallest absolute Gasteiger partial charge is 0.123 e. The van der Waals surface area contributed by atoms with Crippen LogP contribution in [0.25, 0.3) is 11.3 Å². The molecule has 0 aromatic heterocycles. The first-order chi connectivity index (χ1) is 16.1. The molecule has 5 rings (SSSR count). The molecule has 3 nitrogen and oxygen atoms in total. The fourth-order valence-electron chi connectivity index (χ4n) is 6.53. The Balaban J connectivity index is 1.70. The van der Waals surface area contributed by atoms with Crippen LogP contribution >= 0.6 is 0 Å². The lowest BCUT2D eigenvalue weighted by molar-refractivity contribution is 0.0479. The predicted octanol–water partition coefficient (Wildman–Crippen LogP) is 6.65. The summed E-state index contributed by atoms with van der Waals surface area (Å²) in [4.78, 5) is 2.43. The molecule has 3 aliphatic carbocycles. The van der Waals surface area contributed by atoms with Gasteiger partial charge in [0.1, 0.15) is 17.1 Å². The number of ether oxygens (including phenoxy) is 2. The molecule has 172 valence electrons. The van der Waals surface area contributed by atoms with Crippen molar-refractivity contribution < 1.29 is 9.47 Å². The molecule has 0 radical (unpaired) electrons. The molecule has 0 bridgehead atoms. The summed E-state index contributed by atoms with van der Waals surface area (Å²) in [6.45, 7) is 5.52. The molecular formula is C30H35NO2. The molecule has 0 aliphatic heterocycles. The third-order valence-electron chi connectivity index (χ3n) is 7.65. The summed E-state index contributed by atoms with van der Waals surface area (Å²) < 4.78 is 12.6. The number of benzene rings is 2. The highest BCUT2D eigenvalue weighted by Gasteiger charge is 2.56. The second-order valence-corrected chi connectivity index (χ2v) is 9.44. The summed E-state index contributed by atoms with van der Waals surface area (Å²) >= 11 is 0. The first-order valence-corrected chi connectivity index (χ1v) is 12.4. The van der Waals surface area contributed by atoms with Crippen LogP contribution in [0, 0.1) is 5.92 Å². The van der Waals surface area contributed by atoms with Crippen molar-refractivity contribution in [1.29, 1.82) is 0 Å². The number of likely N-dealkylation sites (N-methyl/N-ethyl adjacent to an activating group) is 1. The number of hydrogen-bond acceptors (Lipinski definition) is 3. The normalized spacial score (nSPS) is 26.1. The van der Waals surface area contributed by atoms with Gasteiger partial charge >= 0.3 is 0 Å². The van der Waals surface area contributed by atoms with E-state index in [2.05, 4.69) is 99.6 Å². The lowest BCUT2D eigenvalue weighted by Crippen LogP contribution is -2.56. The Labute approximate surface area is 198 Å². The lowest BCUT2D eigenvalue weighted by Gasteiger charge is -2.51. The van der Waals surface area contributed by atoms with Crippen LogP contribution in [0.3, 0.4) is 0 Å². The molecule has 0 N–H and O–H groups in total. The third-order valence-corrected chi connectivity index (χ3v) is 7.65. The first-order valence-electron chi connectivity index (χ1n) is 12.4. The zero-order chi connectivity index (χ0) is 23.0. The topological polar surface area (TPSA) is 21.7 Å². The minimum Gasteiger partial charge on any atom is -0.496 e. The lowest BCUT2D eigenvalue weighted by atomic mass is 9.63. The van der Waals surface area contributed by atoms with Crippen molar-refractivity contribution in [3.8, 4) is 0 Å². The molecule has 0 amide bonds. The van der Waals surface area contributed by atoms with Gasteiger partial charge in [-0.05, 0) is 87.5 Å². The largest absolute Gasteiger partial charge is 0.496 e. The molecule has 1 fully saturated rings. The maximum atomic E-state index is 6.47. The molecule has 3 unspecified atom stereocenters. The summed E-state index contributed by atoms with van der Waals surface area (Å²) in [6, 6.07) is 19.6. The van der Waals surface area contributed by atoms with Gasteiger partial charge in [0.15, 0.2) is 0 Å². The van der Waals surface area contributed by atoms with Crippen molar-refractivity contribution in [3.63, 3.8) is 0 Å². The zero-order valence-electron chi connectivity index (χ0n) is 20.3. The highest BCUT2D eigenvalue weighted by atomic mass is 16.5. The van der Waals surface area contributed by atoms with Crippen LogP contribution in [0.1, 0.15) is 55.7 Å². The zero-order valence-corrected chi connectivity index (χ0v) is 20.3. The van der Waals surface area contributed by atoms with E-state index in [9.17, 15) is 0 Å². The quantitative estimate of drug-likeness (QED) is 0.480. The minimum absolute atomic E-state index is 0.255. The fraction of sp³-hybridized carbons (Fsp3) is 0.400. The van der Waals surface area contributed by atoms with Crippen molar-refractivity contribution in [1.82, 2.24) is 4.90 Å². The molecule has 3 heteroatoms. The summed E-state index contributed by atoms with van der Waals surface area (Å²) in [5.74, 6) is 2.80. The average Bonchev–Trinajstić information content (AvgIpc) is 3.37. The van der Waals surface area contributed by atoms with Gasteiger partial charge in [-0.3, -0.25) is 4.90 Å². The Kier molecular flexibility index (Phi) is 5.92. The molecule has 2 aromatic carbocycles. The Morgan fingerprint density at radius 1 is 0.939 bits per heavy atom. The second kappa shape index (κ2) is 8.87. The fourth-order valence-corrected chi connectivity index (χ4v) is 6.53. The van der Waals surface area contributed by atoms with Crippen molar-refractivity contribution in [2.75, 3.05) is 27.3 Å².